The van der Waals surface area contributed by atoms with Gasteiger partial charge in [0.15, 0.2) is 0 Å². The Hall–Kier alpha value is -3.80. The van der Waals surface area contributed by atoms with Gasteiger partial charge in [-0.3, -0.25) is 15.2 Å². The fraction of sp³-hybridized carbons (Fsp3) is 0.0909. The Kier molecular flexibility index (Phi) is 4.93. The number of nitrogens with one attached hydrogen (secondary N) is 2. The first kappa shape index (κ1) is 17.6. The van der Waals surface area contributed by atoms with Crippen LogP contribution in [0.3, 0.4) is 0 Å². The van der Waals surface area contributed by atoms with E-state index in [0.717, 1.165) is 16.7 Å². The molecule has 6 heteroatoms. The molecular formula is C22H19N5O. The van der Waals surface area contributed by atoms with E-state index in [0.29, 0.717) is 12.1 Å². The van der Waals surface area contributed by atoms with Gasteiger partial charge < -0.3 is 0 Å². The third-order valence-electron chi connectivity index (χ3n) is 4.67. The van der Waals surface area contributed by atoms with Gasteiger partial charge in [-0.25, -0.2) is 5.43 Å². The number of amides is 1. The lowest BCUT2D eigenvalue weighted by molar-refractivity contribution is -0.114. The topological polar surface area (TPSA) is 78.7 Å². The number of hydrogen-bond donors (Lipinski definition) is 2. The van der Waals surface area contributed by atoms with Crippen LogP contribution < -0.4 is 10.9 Å². The second-order valence-electron chi connectivity index (χ2n) is 6.47. The minimum atomic E-state index is -0.581. The molecule has 0 fully saturated rings. The molecule has 1 amide bonds. The third-order valence-corrected chi connectivity index (χ3v) is 4.67. The number of pyridine rings is 1. The summed E-state index contributed by atoms with van der Waals surface area (Å²) in [6, 6.07) is 23.7. The summed E-state index contributed by atoms with van der Waals surface area (Å²) in [6.07, 6.45) is 5.33. The van der Waals surface area contributed by atoms with Gasteiger partial charge in [-0.15, -0.1) is 0 Å². The number of rotatable bonds is 5. The van der Waals surface area contributed by atoms with Crippen molar-refractivity contribution in [1.82, 2.24) is 15.8 Å². The van der Waals surface area contributed by atoms with Crippen molar-refractivity contribution in [2.45, 2.75) is 12.0 Å². The fourth-order valence-corrected chi connectivity index (χ4v) is 3.25. The van der Waals surface area contributed by atoms with Crippen molar-refractivity contribution in [3.05, 3.63) is 102 Å². The zero-order chi connectivity index (χ0) is 19.2. The smallest absolute Gasteiger partial charge is 0.287 e. The maximum absolute atomic E-state index is 12.6. The zero-order valence-electron chi connectivity index (χ0n) is 15.1. The van der Waals surface area contributed by atoms with E-state index in [-0.39, 0.29) is 5.91 Å². The van der Waals surface area contributed by atoms with E-state index in [1.807, 2.05) is 72.8 Å². The molecule has 0 saturated heterocycles. The lowest BCUT2D eigenvalue weighted by atomic mass is 9.80. The minimum Gasteiger partial charge on any atom is -0.294 e. The molecule has 0 spiro atoms. The minimum absolute atomic E-state index is 0.332. The Bertz CT molecular complexity index is 961. The molecule has 2 aromatic carbocycles. The van der Waals surface area contributed by atoms with Crippen LogP contribution in [0, 0.1) is 0 Å². The maximum atomic E-state index is 12.6. The quantitative estimate of drug-likeness (QED) is 0.536. The van der Waals surface area contributed by atoms with Gasteiger partial charge in [-0.05, 0) is 17.2 Å². The highest BCUT2D eigenvalue weighted by molar-refractivity contribution is 6.39. The number of carbonyl (C=O) groups excluding carboxylic acids is 1. The highest BCUT2D eigenvalue weighted by Crippen LogP contribution is 2.36. The van der Waals surface area contributed by atoms with Crippen LogP contribution >= 0.6 is 0 Å². The molecule has 2 heterocycles. The van der Waals surface area contributed by atoms with Crippen molar-refractivity contribution in [3.8, 4) is 0 Å². The van der Waals surface area contributed by atoms with Gasteiger partial charge in [-0.1, -0.05) is 66.7 Å². The van der Waals surface area contributed by atoms with Gasteiger partial charge in [0.1, 0.15) is 11.3 Å². The average molecular weight is 369 g/mol. The van der Waals surface area contributed by atoms with E-state index in [1.54, 1.807) is 18.6 Å². The molecule has 0 aliphatic carbocycles. The second-order valence-corrected chi connectivity index (χ2v) is 6.47. The molecule has 28 heavy (non-hydrogen) atoms. The molecule has 138 valence electrons. The monoisotopic (exact) mass is 369 g/mol. The van der Waals surface area contributed by atoms with Crippen LogP contribution in [0.5, 0.6) is 0 Å². The van der Waals surface area contributed by atoms with Crippen molar-refractivity contribution in [1.29, 1.82) is 0 Å². The van der Waals surface area contributed by atoms with Crippen LogP contribution in [0.15, 0.2) is 95.4 Å². The molecule has 0 saturated carbocycles. The van der Waals surface area contributed by atoms with Crippen molar-refractivity contribution in [3.63, 3.8) is 0 Å². The lowest BCUT2D eigenvalue weighted by Crippen LogP contribution is -2.38. The van der Waals surface area contributed by atoms with E-state index in [1.165, 1.54) is 0 Å². The van der Waals surface area contributed by atoms with Crippen molar-refractivity contribution in [2.75, 3.05) is 0 Å². The predicted octanol–water partition coefficient (Wildman–Crippen LogP) is 2.82. The van der Waals surface area contributed by atoms with Gasteiger partial charge in [0.05, 0.1) is 6.21 Å². The van der Waals surface area contributed by atoms with E-state index < -0.39 is 5.54 Å². The largest absolute Gasteiger partial charge is 0.294 e. The molecule has 1 aliphatic rings. The van der Waals surface area contributed by atoms with Crippen LogP contribution in [0.2, 0.25) is 0 Å². The van der Waals surface area contributed by atoms with Gasteiger partial charge in [0.25, 0.3) is 5.91 Å². The van der Waals surface area contributed by atoms with Gasteiger partial charge in [0, 0.05) is 24.4 Å². The lowest BCUT2D eigenvalue weighted by Gasteiger charge is -2.30. The second kappa shape index (κ2) is 7.84. The SMILES string of the molecule is O=C(NN=Cc1cccnc1)C1=NNC(c2ccccc2)(c2ccccc2)C1. The van der Waals surface area contributed by atoms with Gasteiger partial charge in [0.2, 0.25) is 0 Å². The molecule has 4 rings (SSSR count). The highest BCUT2D eigenvalue weighted by atomic mass is 16.2. The van der Waals surface area contributed by atoms with Crippen molar-refractivity contribution in [2.24, 2.45) is 10.2 Å². The van der Waals surface area contributed by atoms with E-state index in [2.05, 4.69) is 26.0 Å². The van der Waals surface area contributed by atoms with E-state index in [9.17, 15) is 4.79 Å². The van der Waals surface area contributed by atoms with E-state index >= 15 is 0 Å². The summed E-state index contributed by atoms with van der Waals surface area (Å²) in [5.41, 5.74) is 8.47. The summed E-state index contributed by atoms with van der Waals surface area (Å²) in [5.74, 6) is -0.332. The number of benzene rings is 2. The number of carbonyl (C=O) groups is 1. The van der Waals surface area contributed by atoms with Crippen molar-refractivity contribution < 1.29 is 4.79 Å². The summed E-state index contributed by atoms with van der Waals surface area (Å²) < 4.78 is 0. The molecule has 0 radical (unpaired) electrons. The van der Waals surface area contributed by atoms with Crippen LogP contribution in [-0.2, 0) is 10.3 Å². The summed E-state index contributed by atoms with van der Waals surface area (Å²) in [7, 11) is 0. The van der Waals surface area contributed by atoms with Crippen LogP contribution in [0.4, 0.5) is 0 Å². The summed E-state index contributed by atoms with van der Waals surface area (Å²) in [4.78, 5) is 16.6. The fourth-order valence-electron chi connectivity index (χ4n) is 3.25. The third kappa shape index (κ3) is 3.53. The highest BCUT2D eigenvalue weighted by Gasteiger charge is 2.41. The first-order valence-corrected chi connectivity index (χ1v) is 8.96. The number of aromatic nitrogens is 1. The Morgan fingerprint density at radius 2 is 1.68 bits per heavy atom. The molecule has 3 aromatic rings. The van der Waals surface area contributed by atoms with Crippen LogP contribution in [0.1, 0.15) is 23.1 Å². The Morgan fingerprint density at radius 3 is 2.29 bits per heavy atom. The molecule has 2 N–H and O–H groups in total. The molecule has 1 aliphatic heterocycles. The van der Waals surface area contributed by atoms with Crippen LogP contribution in [-0.4, -0.2) is 22.8 Å². The first-order chi connectivity index (χ1) is 13.8. The zero-order valence-corrected chi connectivity index (χ0v) is 15.1. The summed E-state index contributed by atoms with van der Waals surface area (Å²) in [6.45, 7) is 0. The summed E-state index contributed by atoms with van der Waals surface area (Å²) >= 11 is 0. The Morgan fingerprint density at radius 1 is 1.00 bits per heavy atom. The average Bonchev–Trinajstić information content (AvgIpc) is 3.23. The number of nitrogens with zero attached hydrogens (tertiary/aromatic N) is 3. The standard InChI is InChI=1S/C22H19N5O/c28-21(26-24-16-17-8-7-13-23-15-17)20-14-22(27-25-20,18-9-3-1-4-10-18)19-11-5-2-6-12-19/h1-13,15-16,27H,14H2,(H,26,28). The molecule has 0 unspecified atom stereocenters. The van der Waals surface area contributed by atoms with Gasteiger partial charge in [-0.2, -0.15) is 10.2 Å². The Balaban J connectivity index is 1.54. The maximum Gasteiger partial charge on any atom is 0.287 e. The number of hydrazone groups is 2. The van der Waals surface area contributed by atoms with Crippen molar-refractivity contribution >= 4 is 17.8 Å². The Labute approximate surface area is 163 Å². The number of hydrogen-bond acceptors (Lipinski definition) is 5. The summed E-state index contributed by atoms with van der Waals surface area (Å²) in [5, 5.41) is 8.34. The molecule has 6 nitrogen and oxygen atoms in total. The molecule has 1 aromatic heterocycles. The predicted molar refractivity (Wildman–Crippen MR) is 109 cm³/mol. The first-order valence-electron chi connectivity index (χ1n) is 8.96. The van der Waals surface area contributed by atoms with E-state index in [4.69, 9.17) is 0 Å². The normalized spacial score (nSPS) is 15.1. The molecular weight excluding hydrogens is 350 g/mol. The molecule has 0 atom stereocenters. The van der Waals surface area contributed by atoms with Crippen LogP contribution in [0.25, 0.3) is 0 Å². The van der Waals surface area contributed by atoms with Gasteiger partial charge >= 0.3 is 0 Å². The molecule has 0 bridgehead atoms.